The molecular weight excluding hydrogens is 400 g/mol. The number of benzene rings is 2. The molecule has 5 nitrogen and oxygen atoms in total. The largest absolute Gasteiger partial charge is 0.507 e. The van der Waals surface area contributed by atoms with Gasteiger partial charge in [-0.1, -0.05) is 55.7 Å². The van der Waals surface area contributed by atoms with Gasteiger partial charge in [0.15, 0.2) is 0 Å². The second-order valence-electron chi connectivity index (χ2n) is 9.04. The second-order valence-corrected chi connectivity index (χ2v) is 9.04. The highest BCUT2D eigenvalue weighted by Gasteiger charge is 2.29. The Morgan fingerprint density at radius 3 is 2.41 bits per heavy atom. The average molecular weight is 437 g/mol. The highest BCUT2D eigenvalue weighted by atomic mass is 16.3. The van der Waals surface area contributed by atoms with Gasteiger partial charge in [-0.3, -0.25) is 4.79 Å². The Bertz CT molecular complexity index is 1000. The van der Waals surface area contributed by atoms with Crippen molar-refractivity contribution in [2.45, 2.75) is 46.5 Å². The molecule has 2 aromatic carbocycles. The summed E-state index contributed by atoms with van der Waals surface area (Å²) < 4.78 is 0. The van der Waals surface area contributed by atoms with Crippen LogP contribution in [-0.2, 0) is 6.42 Å². The second kappa shape index (κ2) is 10.2. The minimum atomic E-state index is -0.159. The Balaban J connectivity index is 2.17. The Kier molecular flexibility index (Phi) is 7.62. The van der Waals surface area contributed by atoms with Gasteiger partial charge in [0, 0.05) is 26.2 Å². The number of nitrogens with zero attached hydrogens (tertiary/aromatic N) is 2. The number of rotatable bonds is 7. The molecule has 32 heavy (non-hydrogen) atoms. The van der Waals surface area contributed by atoms with Crippen molar-refractivity contribution in [3.63, 3.8) is 0 Å². The summed E-state index contributed by atoms with van der Waals surface area (Å²) in [7, 11) is 2.05. The van der Waals surface area contributed by atoms with Gasteiger partial charge < -0.3 is 20.0 Å². The Morgan fingerprint density at radius 2 is 1.78 bits per heavy atom. The van der Waals surface area contributed by atoms with Crippen LogP contribution in [0.5, 0.6) is 11.5 Å². The predicted octanol–water partition coefficient (Wildman–Crippen LogP) is 5.23. The van der Waals surface area contributed by atoms with Crippen LogP contribution in [0.4, 0.5) is 0 Å². The fraction of sp³-hybridized carbons (Fsp3) is 0.444. The quantitative estimate of drug-likeness (QED) is 0.584. The summed E-state index contributed by atoms with van der Waals surface area (Å²) in [4.78, 5) is 17.6. The smallest absolute Gasteiger partial charge is 0.258 e. The van der Waals surface area contributed by atoms with Crippen molar-refractivity contribution in [3.8, 4) is 22.6 Å². The molecule has 1 saturated heterocycles. The molecule has 0 bridgehead atoms. The molecule has 3 rings (SSSR count). The van der Waals surface area contributed by atoms with Crippen molar-refractivity contribution in [2.24, 2.45) is 0 Å². The highest BCUT2D eigenvalue weighted by molar-refractivity contribution is 6.02. The number of unbranched alkanes of at least 4 members (excludes halogenated alkanes) is 2. The normalized spacial score (nSPS) is 14.6. The van der Waals surface area contributed by atoms with E-state index in [0.29, 0.717) is 41.8 Å². The Hall–Kier alpha value is -2.79. The van der Waals surface area contributed by atoms with Crippen LogP contribution in [0.15, 0.2) is 30.8 Å². The maximum Gasteiger partial charge on any atom is 0.258 e. The third-order valence-corrected chi connectivity index (χ3v) is 6.32. The molecule has 5 heteroatoms. The van der Waals surface area contributed by atoms with Crippen LogP contribution in [-0.4, -0.2) is 59.1 Å². The van der Waals surface area contributed by atoms with E-state index in [2.05, 4.69) is 18.4 Å². The van der Waals surface area contributed by atoms with E-state index < -0.39 is 0 Å². The lowest BCUT2D eigenvalue weighted by molar-refractivity contribution is 0.0660. The third-order valence-electron chi connectivity index (χ3n) is 6.32. The maximum absolute atomic E-state index is 13.6. The number of aryl methyl sites for hydroxylation is 2. The molecule has 0 saturated carbocycles. The van der Waals surface area contributed by atoms with Crippen LogP contribution in [0.2, 0.25) is 0 Å². The third kappa shape index (κ3) is 4.99. The first-order valence-electron chi connectivity index (χ1n) is 11.6. The molecule has 0 atom stereocenters. The lowest BCUT2D eigenvalue weighted by Gasteiger charge is -2.33. The Labute approximate surface area is 192 Å². The van der Waals surface area contributed by atoms with Crippen molar-refractivity contribution in [1.82, 2.24) is 9.80 Å². The number of hydrogen-bond donors (Lipinski definition) is 2. The molecule has 1 heterocycles. The zero-order valence-electron chi connectivity index (χ0n) is 19.9. The maximum atomic E-state index is 13.6. The minimum absolute atomic E-state index is 0.00275. The van der Waals surface area contributed by atoms with E-state index >= 15 is 0 Å². The average Bonchev–Trinajstić information content (AvgIpc) is 2.74. The molecule has 0 radical (unpaired) electrons. The van der Waals surface area contributed by atoms with Crippen LogP contribution >= 0.6 is 0 Å². The molecular formula is C27H36N2O3. The summed E-state index contributed by atoms with van der Waals surface area (Å²) in [6.45, 7) is 12.9. The SMILES string of the molecule is C=C(C)c1ccc(C)cc1-c1c(O)cc(CCCCC)c(C(=O)N2CCN(C)CC2)c1O. The first-order chi connectivity index (χ1) is 15.2. The molecule has 1 aliphatic heterocycles. The molecule has 0 unspecified atom stereocenters. The zero-order valence-corrected chi connectivity index (χ0v) is 19.9. The predicted molar refractivity (Wildman–Crippen MR) is 131 cm³/mol. The summed E-state index contributed by atoms with van der Waals surface area (Å²) in [5, 5.41) is 22.5. The lowest BCUT2D eigenvalue weighted by Crippen LogP contribution is -2.47. The number of aromatic hydroxyl groups is 2. The first kappa shape index (κ1) is 23.9. The van der Waals surface area contributed by atoms with Crippen LogP contribution < -0.4 is 0 Å². The van der Waals surface area contributed by atoms with Gasteiger partial charge in [-0.05, 0) is 56.5 Å². The zero-order chi connectivity index (χ0) is 23.4. The number of phenols is 2. The van der Waals surface area contributed by atoms with E-state index in [1.54, 1.807) is 6.07 Å². The topological polar surface area (TPSA) is 64.0 Å². The molecule has 2 aromatic rings. The van der Waals surface area contributed by atoms with E-state index in [9.17, 15) is 15.0 Å². The van der Waals surface area contributed by atoms with Gasteiger partial charge in [0.1, 0.15) is 11.5 Å². The highest BCUT2D eigenvalue weighted by Crippen LogP contribution is 2.45. The van der Waals surface area contributed by atoms with Crippen LogP contribution in [0.25, 0.3) is 16.7 Å². The minimum Gasteiger partial charge on any atom is -0.507 e. The first-order valence-corrected chi connectivity index (χ1v) is 11.6. The van der Waals surface area contributed by atoms with Crippen LogP contribution in [0, 0.1) is 6.92 Å². The van der Waals surface area contributed by atoms with Gasteiger partial charge in [0.25, 0.3) is 5.91 Å². The van der Waals surface area contributed by atoms with Gasteiger partial charge in [-0.25, -0.2) is 0 Å². The fourth-order valence-electron chi connectivity index (χ4n) is 4.38. The Morgan fingerprint density at radius 1 is 1.09 bits per heavy atom. The summed E-state index contributed by atoms with van der Waals surface area (Å²) in [5.41, 5.74) is 4.72. The number of carbonyl (C=O) groups is 1. The molecule has 0 spiro atoms. The molecule has 0 aromatic heterocycles. The van der Waals surface area contributed by atoms with Crippen molar-refractivity contribution < 1.29 is 15.0 Å². The molecule has 1 fully saturated rings. The van der Waals surface area contributed by atoms with Gasteiger partial charge in [0.2, 0.25) is 0 Å². The van der Waals surface area contributed by atoms with E-state index in [4.69, 9.17) is 0 Å². The molecule has 1 amide bonds. The van der Waals surface area contributed by atoms with Crippen LogP contribution in [0.3, 0.4) is 0 Å². The number of carbonyl (C=O) groups excluding carboxylic acids is 1. The van der Waals surface area contributed by atoms with Gasteiger partial charge >= 0.3 is 0 Å². The summed E-state index contributed by atoms with van der Waals surface area (Å²) >= 11 is 0. The monoisotopic (exact) mass is 436 g/mol. The van der Waals surface area contributed by atoms with E-state index in [-0.39, 0.29) is 17.4 Å². The standard InChI is InChI=1S/C27H36N2O3/c1-6-7-8-9-20-17-23(30)25(22-16-19(4)10-11-21(22)18(2)3)26(31)24(20)27(32)29-14-12-28(5)13-15-29/h10-11,16-17,30-31H,2,6-9,12-15H2,1,3-5H3. The number of phenolic OH excluding ortho intramolecular Hbond substituents is 2. The number of piperazine rings is 1. The van der Waals surface area contributed by atoms with Gasteiger partial charge in [-0.15, -0.1) is 0 Å². The van der Waals surface area contributed by atoms with Gasteiger partial charge in [0.05, 0.1) is 11.1 Å². The fourth-order valence-corrected chi connectivity index (χ4v) is 4.38. The molecule has 0 aliphatic carbocycles. The molecule has 172 valence electrons. The number of allylic oxidation sites excluding steroid dienone is 1. The number of hydrogen-bond acceptors (Lipinski definition) is 4. The van der Waals surface area contributed by atoms with E-state index in [1.165, 1.54) is 0 Å². The lowest BCUT2D eigenvalue weighted by atomic mass is 9.88. The summed E-state index contributed by atoms with van der Waals surface area (Å²) in [5.74, 6) is -0.293. The van der Waals surface area contributed by atoms with Crippen molar-refractivity contribution in [1.29, 1.82) is 0 Å². The summed E-state index contributed by atoms with van der Waals surface area (Å²) in [6, 6.07) is 7.54. The summed E-state index contributed by atoms with van der Waals surface area (Å²) in [6.07, 6.45) is 3.64. The van der Waals surface area contributed by atoms with Crippen LogP contribution in [0.1, 0.15) is 60.2 Å². The molecule has 2 N–H and O–H groups in total. The van der Waals surface area contributed by atoms with Crippen molar-refractivity contribution in [2.75, 3.05) is 33.2 Å². The molecule has 1 aliphatic rings. The van der Waals surface area contributed by atoms with E-state index in [0.717, 1.165) is 49.1 Å². The van der Waals surface area contributed by atoms with E-state index in [1.807, 2.05) is 44.0 Å². The number of amides is 1. The van der Waals surface area contributed by atoms with Crippen molar-refractivity contribution >= 4 is 11.5 Å². The van der Waals surface area contributed by atoms with Crippen molar-refractivity contribution in [3.05, 3.63) is 53.1 Å². The number of likely N-dealkylation sites (N-methyl/N-ethyl adjacent to an activating group) is 1. The van der Waals surface area contributed by atoms with Gasteiger partial charge in [-0.2, -0.15) is 0 Å².